The third-order valence-electron chi connectivity index (χ3n) is 3.89. The number of aromatic nitrogens is 1. The van der Waals surface area contributed by atoms with Crippen LogP contribution in [-0.2, 0) is 11.2 Å². The lowest BCUT2D eigenvalue weighted by Gasteiger charge is -2.34. The van der Waals surface area contributed by atoms with Gasteiger partial charge in [-0.25, -0.2) is 0 Å². The molecule has 3 rings (SSSR count). The van der Waals surface area contributed by atoms with E-state index < -0.39 is 0 Å². The largest absolute Gasteiger partial charge is 0.464 e. The second-order valence-corrected chi connectivity index (χ2v) is 6.64. The van der Waals surface area contributed by atoms with Crippen molar-refractivity contribution in [3.63, 3.8) is 0 Å². The minimum atomic E-state index is 0.0637. The van der Waals surface area contributed by atoms with Crippen LogP contribution in [0.5, 0.6) is 0 Å². The molecule has 0 unspecified atom stereocenters. The molecule has 2 aromatic heterocycles. The zero-order chi connectivity index (χ0) is 15.4. The molecule has 4 nitrogen and oxygen atoms in total. The first kappa shape index (κ1) is 15.2. The standard InChI is InChI=1S/C17H20N2O2S/c1-13-4-6-16(21-13)15-12-22-10-9-19(15)17(20)7-5-14-3-2-8-18-11-14/h2-4,6,8,11,15H,5,7,9-10,12H2,1H3/t15-/m0/s1. The quantitative estimate of drug-likeness (QED) is 0.869. The van der Waals surface area contributed by atoms with Gasteiger partial charge in [0.05, 0.1) is 6.04 Å². The van der Waals surface area contributed by atoms with Gasteiger partial charge in [-0.1, -0.05) is 6.07 Å². The van der Waals surface area contributed by atoms with Gasteiger partial charge < -0.3 is 9.32 Å². The van der Waals surface area contributed by atoms with Gasteiger partial charge in [0.1, 0.15) is 11.5 Å². The number of aryl methyl sites for hydroxylation is 2. The molecular formula is C17H20N2O2S. The average molecular weight is 316 g/mol. The summed E-state index contributed by atoms with van der Waals surface area (Å²) < 4.78 is 5.75. The molecule has 1 saturated heterocycles. The molecule has 5 heteroatoms. The normalized spacial score (nSPS) is 18.4. The van der Waals surface area contributed by atoms with Crippen LogP contribution in [0.25, 0.3) is 0 Å². The van der Waals surface area contributed by atoms with Crippen molar-refractivity contribution in [3.05, 3.63) is 53.7 Å². The number of hydrogen-bond donors (Lipinski definition) is 0. The molecule has 0 N–H and O–H groups in total. The van der Waals surface area contributed by atoms with E-state index in [9.17, 15) is 4.79 Å². The Kier molecular flexibility index (Phi) is 4.83. The maximum absolute atomic E-state index is 12.6. The highest BCUT2D eigenvalue weighted by atomic mass is 32.2. The first-order valence-corrected chi connectivity index (χ1v) is 8.72. The minimum Gasteiger partial charge on any atom is -0.464 e. The van der Waals surface area contributed by atoms with Gasteiger partial charge in [0.2, 0.25) is 5.91 Å². The van der Waals surface area contributed by atoms with Gasteiger partial charge in [0, 0.05) is 36.9 Å². The Bertz CT molecular complexity index is 627. The van der Waals surface area contributed by atoms with Crippen LogP contribution in [0.15, 0.2) is 41.1 Å². The highest BCUT2D eigenvalue weighted by molar-refractivity contribution is 7.99. The van der Waals surface area contributed by atoms with Gasteiger partial charge in [-0.05, 0) is 37.1 Å². The summed E-state index contributed by atoms with van der Waals surface area (Å²) in [4.78, 5) is 18.7. The molecule has 2 aromatic rings. The Morgan fingerprint density at radius 3 is 3.09 bits per heavy atom. The molecule has 1 fully saturated rings. The first-order valence-electron chi connectivity index (χ1n) is 7.56. The summed E-state index contributed by atoms with van der Waals surface area (Å²) in [5.41, 5.74) is 1.10. The molecule has 1 amide bonds. The van der Waals surface area contributed by atoms with Crippen LogP contribution < -0.4 is 0 Å². The summed E-state index contributed by atoms with van der Waals surface area (Å²) in [6, 6.07) is 7.94. The van der Waals surface area contributed by atoms with Crippen LogP contribution in [0.3, 0.4) is 0 Å². The summed E-state index contributed by atoms with van der Waals surface area (Å²) >= 11 is 1.88. The van der Waals surface area contributed by atoms with E-state index in [1.807, 2.05) is 54.0 Å². The zero-order valence-corrected chi connectivity index (χ0v) is 13.5. The van der Waals surface area contributed by atoms with E-state index in [0.717, 1.165) is 41.6 Å². The Morgan fingerprint density at radius 1 is 1.45 bits per heavy atom. The average Bonchev–Trinajstić information content (AvgIpc) is 3.00. The molecule has 0 aliphatic carbocycles. The van der Waals surface area contributed by atoms with Crippen molar-refractivity contribution < 1.29 is 9.21 Å². The molecule has 0 bridgehead atoms. The lowest BCUT2D eigenvalue weighted by Crippen LogP contribution is -2.40. The number of amides is 1. The highest BCUT2D eigenvalue weighted by Gasteiger charge is 2.30. The van der Waals surface area contributed by atoms with E-state index in [1.165, 1.54) is 0 Å². The molecule has 1 aliphatic heterocycles. The van der Waals surface area contributed by atoms with Crippen molar-refractivity contribution >= 4 is 17.7 Å². The third-order valence-corrected chi connectivity index (χ3v) is 4.91. The van der Waals surface area contributed by atoms with E-state index >= 15 is 0 Å². The molecule has 0 aromatic carbocycles. The van der Waals surface area contributed by atoms with E-state index in [4.69, 9.17) is 4.42 Å². The monoisotopic (exact) mass is 316 g/mol. The Morgan fingerprint density at radius 2 is 2.36 bits per heavy atom. The zero-order valence-electron chi connectivity index (χ0n) is 12.7. The van der Waals surface area contributed by atoms with Crippen molar-refractivity contribution in [1.29, 1.82) is 0 Å². The fourth-order valence-corrected chi connectivity index (χ4v) is 3.77. The molecule has 0 saturated carbocycles. The van der Waals surface area contributed by atoms with Crippen molar-refractivity contribution in [1.82, 2.24) is 9.88 Å². The maximum atomic E-state index is 12.6. The Labute approximate surface area is 134 Å². The lowest BCUT2D eigenvalue weighted by molar-refractivity contribution is -0.133. The predicted molar refractivity (Wildman–Crippen MR) is 87.8 cm³/mol. The predicted octanol–water partition coefficient (Wildman–Crippen LogP) is 3.23. The summed E-state index contributed by atoms with van der Waals surface area (Å²) in [6.45, 7) is 2.73. The smallest absolute Gasteiger partial charge is 0.223 e. The number of thioether (sulfide) groups is 1. The van der Waals surface area contributed by atoms with Gasteiger partial charge in [0.25, 0.3) is 0 Å². The van der Waals surface area contributed by atoms with Crippen LogP contribution in [0, 0.1) is 6.92 Å². The maximum Gasteiger partial charge on any atom is 0.223 e. The lowest BCUT2D eigenvalue weighted by atomic mass is 10.1. The second-order valence-electron chi connectivity index (χ2n) is 5.49. The first-order chi connectivity index (χ1) is 10.7. The van der Waals surface area contributed by atoms with Gasteiger partial charge in [-0.15, -0.1) is 0 Å². The van der Waals surface area contributed by atoms with Crippen molar-refractivity contribution in [2.45, 2.75) is 25.8 Å². The molecule has 116 valence electrons. The van der Waals surface area contributed by atoms with Crippen LogP contribution >= 0.6 is 11.8 Å². The third kappa shape index (κ3) is 3.53. The van der Waals surface area contributed by atoms with Gasteiger partial charge >= 0.3 is 0 Å². The van der Waals surface area contributed by atoms with Gasteiger partial charge in [-0.3, -0.25) is 9.78 Å². The number of hydrogen-bond acceptors (Lipinski definition) is 4. The van der Waals surface area contributed by atoms with E-state index in [-0.39, 0.29) is 11.9 Å². The summed E-state index contributed by atoms with van der Waals surface area (Å²) in [5.74, 6) is 3.90. The SMILES string of the molecule is Cc1ccc([C@@H]2CSCCN2C(=O)CCc2cccnc2)o1. The molecular weight excluding hydrogens is 296 g/mol. The fourth-order valence-electron chi connectivity index (χ4n) is 2.71. The van der Waals surface area contributed by atoms with Crippen molar-refractivity contribution in [3.8, 4) is 0 Å². The molecule has 1 atom stereocenters. The minimum absolute atomic E-state index is 0.0637. The Balaban J connectivity index is 1.66. The summed E-state index contributed by atoms with van der Waals surface area (Å²) in [5, 5.41) is 0. The number of pyridine rings is 1. The number of nitrogens with zero attached hydrogens (tertiary/aromatic N) is 2. The van der Waals surface area contributed by atoms with E-state index in [1.54, 1.807) is 6.20 Å². The number of carbonyl (C=O) groups excluding carboxylic acids is 1. The van der Waals surface area contributed by atoms with Crippen LogP contribution in [-0.4, -0.2) is 33.8 Å². The molecule has 0 spiro atoms. The fraction of sp³-hybridized carbons (Fsp3) is 0.412. The number of rotatable bonds is 4. The molecule has 0 radical (unpaired) electrons. The topological polar surface area (TPSA) is 46.3 Å². The number of carbonyl (C=O) groups is 1. The summed E-state index contributed by atoms with van der Waals surface area (Å²) in [7, 11) is 0. The second kappa shape index (κ2) is 7.01. The van der Waals surface area contributed by atoms with Crippen LogP contribution in [0.2, 0.25) is 0 Å². The van der Waals surface area contributed by atoms with Crippen molar-refractivity contribution in [2.75, 3.05) is 18.1 Å². The molecule has 22 heavy (non-hydrogen) atoms. The van der Waals surface area contributed by atoms with Crippen LogP contribution in [0.4, 0.5) is 0 Å². The van der Waals surface area contributed by atoms with Gasteiger partial charge in [0.15, 0.2) is 0 Å². The van der Waals surface area contributed by atoms with Gasteiger partial charge in [-0.2, -0.15) is 11.8 Å². The molecule has 1 aliphatic rings. The van der Waals surface area contributed by atoms with E-state index in [0.29, 0.717) is 6.42 Å². The molecule has 3 heterocycles. The van der Waals surface area contributed by atoms with Crippen molar-refractivity contribution in [2.24, 2.45) is 0 Å². The Hall–Kier alpha value is -1.75. The summed E-state index contributed by atoms with van der Waals surface area (Å²) in [6.07, 6.45) is 4.84. The van der Waals surface area contributed by atoms with Crippen LogP contribution in [0.1, 0.15) is 29.5 Å². The highest BCUT2D eigenvalue weighted by Crippen LogP contribution is 2.31. The van der Waals surface area contributed by atoms with E-state index in [2.05, 4.69) is 4.98 Å². The number of furan rings is 1.